The molecular weight excluding hydrogens is 238 g/mol. The normalized spacial score (nSPS) is 14.7. The minimum absolute atomic E-state index is 0.00353. The Morgan fingerprint density at radius 2 is 1.82 bits per heavy atom. The van der Waals surface area contributed by atoms with Crippen molar-refractivity contribution in [3.8, 4) is 0 Å². The van der Waals surface area contributed by atoms with Gasteiger partial charge in [-0.2, -0.15) is 5.10 Å². The van der Waals surface area contributed by atoms with Gasteiger partial charge in [-0.05, 0) is 5.04 Å². The number of aliphatic hydroxyl groups excluding tert-OH is 1. The second-order valence-corrected chi connectivity index (χ2v) is 11.3. The third-order valence-corrected chi connectivity index (χ3v) is 9.12. The molecule has 0 aliphatic heterocycles. The molecule has 1 atom stereocenters. The van der Waals surface area contributed by atoms with E-state index in [1.165, 1.54) is 0 Å². The van der Waals surface area contributed by atoms with E-state index >= 15 is 0 Å². The predicted octanol–water partition coefficient (Wildman–Crippen LogP) is 0.539. The van der Waals surface area contributed by atoms with Crippen LogP contribution in [0.3, 0.4) is 0 Å². The van der Waals surface area contributed by atoms with Crippen LogP contribution in [0.1, 0.15) is 32.2 Å². The lowest BCUT2D eigenvalue weighted by Crippen LogP contribution is -2.47. The van der Waals surface area contributed by atoms with Crippen molar-refractivity contribution in [1.29, 1.82) is 0 Å². The molecule has 1 aromatic rings. The monoisotopic (exact) mass is 257 g/mol. The molecule has 7 heteroatoms. The van der Waals surface area contributed by atoms with E-state index in [4.69, 9.17) is 0 Å². The van der Waals surface area contributed by atoms with Crippen molar-refractivity contribution in [2.45, 2.75) is 44.6 Å². The van der Waals surface area contributed by atoms with Crippen LogP contribution in [0, 0.1) is 0 Å². The minimum Gasteiger partial charge on any atom is -0.390 e. The van der Waals surface area contributed by atoms with Crippen LogP contribution in [0.2, 0.25) is 18.1 Å². The van der Waals surface area contributed by atoms with Crippen LogP contribution < -0.4 is 11.2 Å². The summed E-state index contributed by atoms with van der Waals surface area (Å²) in [5.41, 5.74) is -2.20. The molecule has 1 unspecified atom stereocenters. The van der Waals surface area contributed by atoms with Crippen molar-refractivity contribution in [3.05, 3.63) is 26.5 Å². The Labute approximate surface area is 100 Å². The Kier molecular flexibility index (Phi) is 3.44. The molecule has 0 radical (unpaired) electrons. The zero-order valence-electron chi connectivity index (χ0n) is 10.8. The molecule has 1 heterocycles. The molecular formula is C10H19N3O3Si. The Morgan fingerprint density at radius 1 is 1.29 bits per heavy atom. The maximum absolute atomic E-state index is 11.6. The van der Waals surface area contributed by atoms with Crippen LogP contribution in [-0.2, 0) is 0 Å². The average molecular weight is 257 g/mol. The van der Waals surface area contributed by atoms with Gasteiger partial charge < -0.3 is 5.11 Å². The minimum atomic E-state index is -2.15. The van der Waals surface area contributed by atoms with E-state index in [9.17, 15) is 14.7 Å². The molecule has 0 saturated heterocycles. The number of hydrogen-bond donors (Lipinski definition) is 3. The van der Waals surface area contributed by atoms with Crippen molar-refractivity contribution >= 4 is 8.07 Å². The third kappa shape index (κ3) is 2.55. The zero-order chi connectivity index (χ0) is 13.4. The first kappa shape index (κ1) is 13.9. The van der Waals surface area contributed by atoms with E-state index in [0.29, 0.717) is 0 Å². The van der Waals surface area contributed by atoms with Crippen LogP contribution in [0.5, 0.6) is 0 Å². The van der Waals surface area contributed by atoms with Gasteiger partial charge in [-0.15, -0.1) is 0 Å². The van der Waals surface area contributed by atoms with Crippen molar-refractivity contribution in [2.24, 2.45) is 0 Å². The van der Waals surface area contributed by atoms with Gasteiger partial charge in [0.25, 0.3) is 5.56 Å². The molecule has 3 N–H and O–H groups in total. The molecule has 0 fully saturated rings. The number of aromatic nitrogens is 3. The molecule has 0 aliphatic rings. The molecule has 0 aliphatic carbocycles. The van der Waals surface area contributed by atoms with E-state index in [0.717, 1.165) is 0 Å². The number of nitrogens with zero attached hydrogens (tertiary/aromatic N) is 1. The van der Waals surface area contributed by atoms with Gasteiger partial charge in [0.1, 0.15) is 0 Å². The van der Waals surface area contributed by atoms with E-state index in [2.05, 4.69) is 15.2 Å². The van der Waals surface area contributed by atoms with Crippen LogP contribution in [0.4, 0.5) is 0 Å². The quantitative estimate of drug-likeness (QED) is 0.673. The van der Waals surface area contributed by atoms with E-state index in [-0.39, 0.29) is 10.7 Å². The van der Waals surface area contributed by atoms with E-state index in [1.807, 2.05) is 33.9 Å². The van der Waals surface area contributed by atoms with Gasteiger partial charge in [0.05, 0.1) is 13.8 Å². The third-order valence-electron chi connectivity index (χ3n) is 3.61. The molecule has 0 spiro atoms. The number of aliphatic hydroxyl groups is 1. The second kappa shape index (κ2) is 4.23. The van der Waals surface area contributed by atoms with Crippen LogP contribution >= 0.6 is 0 Å². The van der Waals surface area contributed by atoms with Gasteiger partial charge in [-0.1, -0.05) is 33.9 Å². The highest BCUT2D eigenvalue weighted by Crippen LogP contribution is 2.42. The number of rotatable bonds is 2. The number of H-pyrrole nitrogens is 2. The smallest absolute Gasteiger partial charge is 0.342 e. The lowest BCUT2D eigenvalue weighted by atomic mass is 10.2. The Balaban J connectivity index is 3.26. The van der Waals surface area contributed by atoms with E-state index in [1.54, 1.807) is 0 Å². The van der Waals surface area contributed by atoms with Crippen LogP contribution in [0.15, 0.2) is 9.59 Å². The molecule has 6 nitrogen and oxygen atoms in total. The topological polar surface area (TPSA) is 98.8 Å². The first-order valence-electron chi connectivity index (χ1n) is 5.44. The van der Waals surface area contributed by atoms with Crippen molar-refractivity contribution in [3.63, 3.8) is 0 Å². The number of nitrogens with one attached hydrogen (secondary N) is 2. The summed E-state index contributed by atoms with van der Waals surface area (Å²) >= 11 is 0. The fourth-order valence-electron chi connectivity index (χ4n) is 1.29. The van der Waals surface area contributed by atoms with Crippen molar-refractivity contribution < 1.29 is 5.11 Å². The lowest BCUT2D eigenvalue weighted by molar-refractivity contribution is 0.234. The highest BCUT2D eigenvalue weighted by atomic mass is 28.3. The van der Waals surface area contributed by atoms with Crippen molar-refractivity contribution in [1.82, 2.24) is 15.2 Å². The van der Waals surface area contributed by atoms with Gasteiger partial charge in [0.2, 0.25) is 0 Å². The fraction of sp³-hybridized carbons (Fsp3) is 0.700. The summed E-state index contributed by atoms with van der Waals surface area (Å²) in [4.78, 5) is 24.5. The van der Waals surface area contributed by atoms with Crippen LogP contribution in [0.25, 0.3) is 0 Å². The summed E-state index contributed by atoms with van der Waals surface area (Å²) in [6.45, 7) is 10.1. The first-order chi connectivity index (χ1) is 7.57. The SMILES string of the molecule is CC(C)(C)[Si](C)(C)C(O)c1n[nH]c(=O)[nH]c1=O. The Bertz CT molecular complexity index is 513. The largest absolute Gasteiger partial charge is 0.390 e. The first-order valence-corrected chi connectivity index (χ1v) is 8.52. The van der Waals surface area contributed by atoms with Gasteiger partial charge in [0.15, 0.2) is 5.69 Å². The molecule has 17 heavy (non-hydrogen) atoms. The molecule has 0 aromatic carbocycles. The summed E-state index contributed by atoms with van der Waals surface area (Å²) in [7, 11) is -2.15. The average Bonchev–Trinajstić information content (AvgIpc) is 2.14. The van der Waals surface area contributed by atoms with Crippen molar-refractivity contribution in [2.75, 3.05) is 0 Å². The summed E-state index contributed by atoms with van der Waals surface area (Å²) in [5, 5.41) is 16.0. The molecule has 1 rings (SSSR count). The second-order valence-electron chi connectivity index (χ2n) is 5.77. The maximum Gasteiger partial charge on any atom is 0.342 e. The highest BCUT2D eigenvalue weighted by Gasteiger charge is 2.44. The zero-order valence-corrected chi connectivity index (χ0v) is 11.8. The predicted molar refractivity (Wildman–Crippen MR) is 67.6 cm³/mol. The van der Waals surface area contributed by atoms with Crippen LogP contribution in [-0.4, -0.2) is 28.4 Å². The van der Waals surface area contributed by atoms with Gasteiger partial charge in [0, 0.05) is 0 Å². The standard InChI is InChI=1S/C10H19N3O3Si/c1-10(2,3)17(4,5)8(15)6-7(14)11-9(16)13-12-6/h8,15H,1-5H3,(H2,11,13,14,16). The summed E-state index contributed by atoms with van der Waals surface area (Å²) < 4.78 is 0. The molecule has 0 saturated carbocycles. The fourth-order valence-corrected chi connectivity index (χ4v) is 2.99. The Morgan fingerprint density at radius 3 is 2.24 bits per heavy atom. The molecule has 96 valence electrons. The maximum atomic E-state index is 11.6. The van der Waals surface area contributed by atoms with Gasteiger partial charge >= 0.3 is 5.69 Å². The lowest BCUT2D eigenvalue weighted by Gasteiger charge is -2.39. The Hall–Kier alpha value is -1.21. The number of hydrogen-bond acceptors (Lipinski definition) is 4. The molecule has 0 amide bonds. The summed E-state index contributed by atoms with van der Waals surface area (Å²) in [5.74, 6) is 0. The molecule has 1 aromatic heterocycles. The van der Waals surface area contributed by atoms with E-state index < -0.39 is 25.1 Å². The highest BCUT2D eigenvalue weighted by molar-refractivity contribution is 6.80. The number of aromatic amines is 2. The van der Waals surface area contributed by atoms with Gasteiger partial charge in [-0.3, -0.25) is 9.78 Å². The summed E-state index contributed by atoms with van der Waals surface area (Å²) in [6, 6.07) is 0. The summed E-state index contributed by atoms with van der Waals surface area (Å²) in [6.07, 6.45) is 0. The van der Waals surface area contributed by atoms with Gasteiger partial charge in [-0.25, -0.2) is 9.89 Å². The molecule has 0 bridgehead atoms.